The molecule has 1 heterocycles. The van der Waals surface area contributed by atoms with Crippen molar-refractivity contribution in [3.8, 4) is 0 Å². The molecule has 2 amide bonds. The molecular weight excluding hydrogens is 282 g/mol. The maximum atomic E-state index is 11.7. The van der Waals surface area contributed by atoms with Crippen molar-refractivity contribution in [2.75, 3.05) is 6.54 Å². The van der Waals surface area contributed by atoms with Gasteiger partial charge in [-0.15, -0.1) is 11.8 Å². The van der Waals surface area contributed by atoms with Gasteiger partial charge in [-0.2, -0.15) is 0 Å². The number of carbonyl (C=O) groups excluding carboxylic acids is 1. The first-order chi connectivity index (χ1) is 10.2. The summed E-state index contributed by atoms with van der Waals surface area (Å²) < 4.78 is 0. The van der Waals surface area contributed by atoms with E-state index in [9.17, 15) is 4.79 Å². The minimum Gasteiger partial charge on any atom is -0.337 e. The Hall–Kier alpha value is -2.01. The van der Waals surface area contributed by atoms with Crippen molar-refractivity contribution >= 4 is 17.8 Å². The highest BCUT2D eigenvalue weighted by Crippen LogP contribution is 2.21. The molecule has 0 saturated carbocycles. The predicted octanol–water partition coefficient (Wildman–Crippen LogP) is 3.06. The van der Waals surface area contributed by atoms with Gasteiger partial charge in [0.15, 0.2) is 0 Å². The average Bonchev–Trinajstić information content (AvgIpc) is 2.53. The zero-order valence-corrected chi connectivity index (χ0v) is 12.8. The number of urea groups is 1. The molecule has 0 aliphatic carbocycles. The van der Waals surface area contributed by atoms with Gasteiger partial charge in [0.25, 0.3) is 0 Å². The summed E-state index contributed by atoms with van der Waals surface area (Å²) in [5, 5.41) is 6.02. The quantitative estimate of drug-likeness (QED) is 0.806. The van der Waals surface area contributed by atoms with Crippen LogP contribution in [0.3, 0.4) is 0 Å². The van der Waals surface area contributed by atoms with Crippen molar-refractivity contribution in [1.29, 1.82) is 0 Å². The highest BCUT2D eigenvalue weighted by Gasteiger charge is 2.06. The number of aromatic nitrogens is 1. The Balaban J connectivity index is 1.66. The van der Waals surface area contributed by atoms with Crippen molar-refractivity contribution in [3.05, 3.63) is 60.4 Å². The SMILES string of the molecule is CC(CNC(=O)NCc1cccnc1)Sc1ccccc1. The molecule has 2 aromatic rings. The van der Waals surface area contributed by atoms with E-state index in [2.05, 4.69) is 34.7 Å². The molecule has 0 radical (unpaired) electrons. The molecule has 110 valence electrons. The maximum Gasteiger partial charge on any atom is 0.315 e. The Bertz CT molecular complexity index is 548. The van der Waals surface area contributed by atoms with Gasteiger partial charge in [-0.05, 0) is 23.8 Å². The number of nitrogens with one attached hydrogen (secondary N) is 2. The maximum absolute atomic E-state index is 11.7. The van der Waals surface area contributed by atoms with E-state index in [4.69, 9.17) is 0 Å². The first-order valence-corrected chi connectivity index (χ1v) is 7.74. The third-order valence-corrected chi connectivity index (χ3v) is 3.92. The van der Waals surface area contributed by atoms with Crippen LogP contribution in [0, 0.1) is 0 Å². The van der Waals surface area contributed by atoms with E-state index < -0.39 is 0 Å². The van der Waals surface area contributed by atoms with Crippen molar-refractivity contribution in [2.24, 2.45) is 0 Å². The first kappa shape index (κ1) is 15.4. The van der Waals surface area contributed by atoms with Gasteiger partial charge in [-0.3, -0.25) is 4.98 Å². The van der Waals surface area contributed by atoms with Crippen LogP contribution in [-0.4, -0.2) is 22.8 Å². The minimum atomic E-state index is -0.153. The van der Waals surface area contributed by atoms with Gasteiger partial charge in [0, 0.05) is 35.6 Å². The molecule has 21 heavy (non-hydrogen) atoms. The summed E-state index contributed by atoms with van der Waals surface area (Å²) in [6, 6.07) is 13.8. The molecule has 2 N–H and O–H groups in total. The number of nitrogens with zero attached hydrogens (tertiary/aromatic N) is 1. The highest BCUT2D eigenvalue weighted by atomic mass is 32.2. The zero-order valence-electron chi connectivity index (χ0n) is 12.0. The summed E-state index contributed by atoms with van der Waals surface area (Å²) in [5.41, 5.74) is 0.986. The summed E-state index contributed by atoms with van der Waals surface area (Å²) in [4.78, 5) is 16.9. The van der Waals surface area contributed by atoms with Gasteiger partial charge in [-0.1, -0.05) is 31.2 Å². The lowest BCUT2D eigenvalue weighted by Crippen LogP contribution is -2.38. The van der Waals surface area contributed by atoms with Crippen molar-refractivity contribution < 1.29 is 4.79 Å². The molecule has 5 heteroatoms. The van der Waals surface area contributed by atoms with Crippen molar-refractivity contribution in [1.82, 2.24) is 15.6 Å². The summed E-state index contributed by atoms with van der Waals surface area (Å²) in [7, 11) is 0. The Morgan fingerprint density at radius 2 is 2.00 bits per heavy atom. The molecule has 1 atom stereocenters. The molecule has 1 unspecified atom stereocenters. The molecule has 1 aromatic heterocycles. The van der Waals surface area contributed by atoms with E-state index >= 15 is 0 Å². The van der Waals surface area contributed by atoms with Crippen LogP contribution in [0.15, 0.2) is 59.8 Å². The second-order valence-electron chi connectivity index (χ2n) is 4.67. The van der Waals surface area contributed by atoms with Crippen LogP contribution >= 0.6 is 11.8 Å². The van der Waals surface area contributed by atoms with E-state index in [0.29, 0.717) is 18.3 Å². The summed E-state index contributed by atoms with van der Waals surface area (Å²) in [6.07, 6.45) is 3.46. The molecular formula is C16H19N3OS. The van der Waals surface area contributed by atoms with E-state index in [-0.39, 0.29) is 6.03 Å². The number of hydrogen-bond acceptors (Lipinski definition) is 3. The number of hydrogen-bond donors (Lipinski definition) is 2. The molecule has 0 aliphatic heterocycles. The van der Waals surface area contributed by atoms with Crippen LogP contribution in [0.4, 0.5) is 4.79 Å². The Morgan fingerprint density at radius 3 is 2.71 bits per heavy atom. The van der Waals surface area contributed by atoms with Gasteiger partial charge in [-0.25, -0.2) is 4.79 Å². The normalized spacial score (nSPS) is 11.7. The van der Waals surface area contributed by atoms with Gasteiger partial charge in [0.1, 0.15) is 0 Å². The lowest BCUT2D eigenvalue weighted by molar-refractivity contribution is 0.240. The Labute approximate surface area is 129 Å². The van der Waals surface area contributed by atoms with Gasteiger partial charge in [0.2, 0.25) is 0 Å². The number of rotatable bonds is 6. The lowest BCUT2D eigenvalue weighted by Gasteiger charge is -2.13. The third-order valence-electron chi connectivity index (χ3n) is 2.81. The van der Waals surface area contributed by atoms with E-state index in [1.165, 1.54) is 4.90 Å². The second kappa shape index (κ2) is 8.32. The number of thioether (sulfide) groups is 1. The number of pyridine rings is 1. The van der Waals surface area contributed by atoms with Crippen molar-refractivity contribution in [2.45, 2.75) is 23.6 Å². The third kappa shape index (κ3) is 5.87. The van der Waals surface area contributed by atoms with Crippen LogP contribution in [-0.2, 0) is 6.54 Å². The minimum absolute atomic E-state index is 0.153. The predicted molar refractivity (Wildman–Crippen MR) is 86.2 cm³/mol. The smallest absolute Gasteiger partial charge is 0.315 e. The standard InChI is InChI=1S/C16H19N3OS/c1-13(21-15-7-3-2-4-8-15)10-18-16(20)19-12-14-6-5-9-17-11-14/h2-9,11,13H,10,12H2,1H3,(H2,18,19,20). The van der Waals surface area contributed by atoms with E-state index in [1.807, 2.05) is 30.3 Å². The van der Waals surface area contributed by atoms with E-state index in [0.717, 1.165) is 5.56 Å². The molecule has 4 nitrogen and oxygen atoms in total. The zero-order chi connectivity index (χ0) is 14.9. The summed E-state index contributed by atoms with van der Waals surface area (Å²) >= 11 is 1.75. The second-order valence-corrected chi connectivity index (χ2v) is 6.18. The van der Waals surface area contributed by atoms with Crippen LogP contribution in [0.2, 0.25) is 0 Å². The summed E-state index contributed by atoms with van der Waals surface area (Å²) in [6.45, 7) is 3.21. The number of carbonyl (C=O) groups is 1. The Kier molecular flexibility index (Phi) is 6.09. The molecule has 2 rings (SSSR count). The van der Waals surface area contributed by atoms with Crippen LogP contribution < -0.4 is 10.6 Å². The molecule has 0 aliphatic rings. The molecule has 0 spiro atoms. The van der Waals surface area contributed by atoms with Gasteiger partial charge >= 0.3 is 6.03 Å². The number of benzene rings is 1. The lowest BCUT2D eigenvalue weighted by atomic mass is 10.3. The molecule has 0 fully saturated rings. The van der Waals surface area contributed by atoms with Crippen LogP contribution in [0.1, 0.15) is 12.5 Å². The van der Waals surface area contributed by atoms with Crippen LogP contribution in [0.5, 0.6) is 0 Å². The Morgan fingerprint density at radius 1 is 1.19 bits per heavy atom. The van der Waals surface area contributed by atoms with Crippen LogP contribution in [0.25, 0.3) is 0 Å². The largest absolute Gasteiger partial charge is 0.337 e. The number of amides is 2. The van der Waals surface area contributed by atoms with Gasteiger partial charge in [0.05, 0.1) is 0 Å². The monoisotopic (exact) mass is 301 g/mol. The summed E-state index contributed by atoms with van der Waals surface area (Å²) in [5.74, 6) is 0. The molecule has 0 bridgehead atoms. The highest BCUT2D eigenvalue weighted by molar-refractivity contribution is 8.00. The fourth-order valence-electron chi connectivity index (χ4n) is 1.76. The van der Waals surface area contributed by atoms with E-state index in [1.54, 1.807) is 24.2 Å². The molecule has 1 aromatic carbocycles. The fraction of sp³-hybridized carbons (Fsp3) is 0.250. The van der Waals surface area contributed by atoms with Crippen molar-refractivity contribution in [3.63, 3.8) is 0 Å². The fourth-order valence-corrected chi connectivity index (χ4v) is 2.70. The van der Waals surface area contributed by atoms with Gasteiger partial charge < -0.3 is 10.6 Å². The first-order valence-electron chi connectivity index (χ1n) is 6.86. The molecule has 0 saturated heterocycles. The average molecular weight is 301 g/mol. The topological polar surface area (TPSA) is 54.0 Å².